The molecule has 2 nitrogen and oxygen atoms in total. The van der Waals surface area contributed by atoms with Crippen molar-refractivity contribution in [3.8, 4) is 11.3 Å². The molecule has 0 unspecified atom stereocenters. The monoisotopic (exact) mass is 342 g/mol. The van der Waals surface area contributed by atoms with Crippen LogP contribution in [0.5, 0.6) is 0 Å². The second kappa shape index (κ2) is 4.60. The third-order valence-corrected chi connectivity index (χ3v) is 5.25. The summed E-state index contributed by atoms with van der Waals surface area (Å²) in [6.07, 6.45) is 3.27. The van der Waals surface area contributed by atoms with Crippen molar-refractivity contribution in [2.75, 3.05) is 0 Å². The largest absolute Gasteiger partial charge is 0.319 e. The van der Waals surface area contributed by atoms with Crippen molar-refractivity contribution in [3.63, 3.8) is 0 Å². The summed E-state index contributed by atoms with van der Waals surface area (Å²) >= 11 is 11.3. The molecular formula is C13H12BrClN2S. The molecule has 0 amide bonds. The number of thiazole rings is 1. The third kappa shape index (κ3) is 2.11. The molecule has 1 fully saturated rings. The molecule has 94 valence electrons. The first-order chi connectivity index (χ1) is 8.58. The maximum atomic E-state index is 6.29. The Morgan fingerprint density at radius 1 is 1.39 bits per heavy atom. The lowest BCUT2D eigenvalue weighted by Gasteiger charge is -2.35. The minimum Gasteiger partial charge on any atom is -0.319 e. The average Bonchev–Trinajstić information content (AvgIpc) is 2.75. The van der Waals surface area contributed by atoms with Gasteiger partial charge in [0.1, 0.15) is 5.01 Å². The van der Waals surface area contributed by atoms with Gasteiger partial charge in [0.15, 0.2) is 0 Å². The van der Waals surface area contributed by atoms with Crippen LogP contribution >= 0.6 is 38.9 Å². The highest BCUT2D eigenvalue weighted by molar-refractivity contribution is 9.10. The zero-order valence-electron chi connectivity index (χ0n) is 9.62. The summed E-state index contributed by atoms with van der Waals surface area (Å²) in [5.41, 5.74) is 7.98. The second-order valence-electron chi connectivity index (χ2n) is 4.67. The first kappa shape index (κ1) is 12.6. The highest BCUT2D eigenvalue weighted by Crippen LogP contribution is 2.41. The Labute approximate surface area is 123 Å². The van der Waals surface area contributed by atoms with Gasteiger partial charge in [0, 0.05) is 15.4 Å². The van der Waals surface area contributed by atoms with Gasteiger partial charge in [-0.15, -0.1) is 11.3 Å². The molecule has 5 heteroatoms. The van der Waals surface area contributed by atoms with Crippen molar-refractivity contribution in [1.82, 2.24) is 4.98 Å². The fraction of sp³-hybridized carbons (Fsp3) is 0.308. The van der Waals surface area contributed by atoms with E-state index in [0.29, 0.717) is 5.02 Å². The number of hydrogen-bond donors (Lipinski definition) is 1. The fourth-order valence-electron chi connectivity index (χ4n) is 2.09. The molecule has 2 N–H and O–H groups in total. The summed E-state index contributed by atoms with van der Waals surface area (Å²) in [6, 6.07) is 5.84. The molecule has 1 saturated carbocycles. The van der Waals surface area contributed by atoms with E-state index in [2.05, 4.69) is 20.9 Å². The molecule has 0 atom stereocenters. The molecule has 18 heavy (non-hydrogen) atoms. The van der Waals surface area contributed by atoms with Crippen molar-refractivity contribution in [1.29, 1.82) is 0 Å². The van der Waals surface area contributed by atoms with Crippen LogP contribution in [-0.4, -0.2) is 4.98 Å². The molecule has 1 aliphatic rings. The Morgan fingerprint density at radius 2 is 2.17 bits per heavy atom. The zero-order valence-corrected chi connectivity index (χ0v) is 12.8. The van der Waals surface area contributed by atoms with E-state index in [9.17, 15) is 0 Å². The zero-order chi connectivity index (χ0) is 12.8. The number of rotatable bonds is 2. The summed E-state index contributed by atoms with van der Waals surface area (Å²) in [5, 5.41) is 3.78. The molecule has 0 spiro atoms. The van der Waals surface area contributed by atoms with Gasteiger partial charge in [-0.1, -0.05) is 33.6 Å². The number of hydrogen-bond acceptors (Lipinski definition) is 3. The molecule has 0 aliphatic heterocycles. The highest BCUT2D eigenvalue weighted by atomic mass is 79.9. The van der Waals surface area contributed by atoms with Crippen LogP contribution in [0.1, 0.15) is 24.3 Å². The van der Waals surface area contributed by atoms with E-state index in [1.807, 2.05) is 23.6 Å². The summed E-state index contributed by atoms with van der Waals surface area (Å²) < 4.78 is 0.973. The van der Waals surface area contributed by atoms with Gasteiger partial charge in [-0.3, -0.25) is 0 Å². The lowest BCUT2D eigenvalue weighted by Crippen LogP contribution is -2.43. The number of nitrogens with zero attached hydrogens (tertiary/aromatic N) is 1. The minimum atomic E-state index is -0.190. The number of nitrogens with two attached hydrogens (primary N) is 1. The average molecular weight is 344 g/mol. The van der Waals surface area contributed by atoms with E-state index in [0.717, 1.165) is 33.6 Å². The van der Waals surface area contributed by atoms with E-state index >= 15 is 0 Å². The summed E-state index contributed by atoms with van der Waals surface area (Å²) in [7, 11) is 0. The maximum Gasteiger partial charge on any atom is 0.113 e. The molecule has 1 aromatic carbocycles. The third-order valence-electron chi connectivity index (χ3n) is 3.38. The van der Waals surface area contributed by atoms with E-state index in [4.69, 9.17) is 17.3 Å². The first-order valence-electron chi connectivity index (χ1n) is 5.79. The normalized spacial score (nSPS) is 17.5. The number of benzene rings is 1. The van der Waals surface area contributed by atoms with Gasteiger partial charge in [-0.05, 0) is 31.4 Å². The van der Waals surface area contributed by atoms with E-state index in [1.54, 1.807) is 11.3 Å². The van der Waals surface area contributed by atoms with Gasteiger partial charge in [0.25, 0.3) is 0 Å². The molecule has 1 aliphatic carbocycles. The minimum absolute atomic E-state index is 0.190. The van der Waals surface area contributed by atoms with Crippen molar-refractivity contribution < 1.29 is 0 Å². The van der Waals surface area contributed by atoms with Crippen LogP contribution in [0.15, 0.2) is 28.1 Å². The SMILES string of the molecule is NC1(c2nc(-c3ccc(Br)cc3Cl)cs2)CCC1. The van der Waals surface area contributed by atoms with Gasteiger partial charge in [0.2, 0.25) is 0 Å². The Morgan fingerprint density at radius 3 is 2.78 bits per heavy atom. The van der Waals surface area contributed by atoms with Crippen LogP contribution in [0.4, 0.5) is 0 Å². The molecule has 0 saturated heterocycles. The van der Waals surface area contributed by atoms with Crippen LogP contribution in [-0.2, 0) is 5.54 Å². The lowest BCUT2D eigenvalue weighted by atomic mass is 9.78. The van der Waals surface area contributed by atoms with Gasteiger partial charge < -0.3 is 5.73 Å². The van der Waals surface area contributed by atoms with E-state index in [1.165, 1.54) is 6.42 Å². The number of aromatic nitrogens is 1. The Bertz CT molecular complexity index is 592. The molecule has 1 heterocycles. The summed E-state index contributed by atoms with van der Waals surface area (Å²) in [4.78, 5) is 4.66. The van der Waals surface area contributed by atoms with Crippen LogP contribution in [0.3, 0.4) is 0 Å². The predicted molar refractivity (Wildman–Crippen MR) is 80.0 cm³/mol. The Hall–Kier alpha value is -0.420. The van der Waals surface area contributed by atoms with Crippen molar-refractivity contribution in [3.05, 3.63) is 38.1 Å². The second-order valence-corrected chi connectivity index (χ2v) is 6.85. The fourth-order valence-corrected chi connectivity index (χ4v) is 3.86. The van der Waals surface area contributed by atoms with Crippen molar-refractivity contribution in [2.45, 2.75) is 24.8 Å². The Balaban J connectivity index is 1.97. The van der Waals surface area contributed by atoms with Crippen LogP contribution in [0.25, 0.3) is 11.3 Å². The quantitative estimate of drug-likeness (QED) is 0.868. The molecule has 0 bridgehead atoms. The summed E-state index contributed by atoms with van der Waals surface area (Å²) in [5.74, 6) is 0. The van der Waals surface area contributed by atoms with Crippen LogP contribution in [0, 0.1) is 0 Å². The topological polar surface area (TPSA) is 38.9 Å². The molecule has 0 radical (unpaired) electrons. The van der Waals surface area contributed by atoms with Crippen LogP contribution in [0.2, 0.25) is 5.02 Å². The van der Waals surface area contributed by atoms with Crippen LogP contribution < -0.4 is 5.73 Å². The highest BCUT2D eigenvalue weighted by Gasteiger charge is 2.37. The van der Waals surface area contributed by atoms with Crippen molar-refractivity contribution in [2.24, 2.45) is 5.73 Å². The summed E-state index contributed by atoms with van der Waals surface area (Å²) in [6.45, 7) is 0. The van der Waals surface area contributed by atoms with Gasteiger partial charge in [-0.2, -0.15) is 0 Å². The smallest absolute Gasteiger partial charge is 0.113 e. The standard InChI is InChI=1S/C13H12BrClN2S/c14-8-2-3-9(10(15)6-8)11-7-18-12(17-11)13(16)4-1-5-13/h2-3,6-7H,1,4-5,16H2. The molecular weight excluding hydrogens is 332 g/mol. The predicted octanol–water partition coefficient (Wildman–Crippen LogP) is 4.56. The molecule has 1 aromatic heterocycles. The van der Waals surface area contributed by atoms with Gasteiger partial charge >= 0.3 is 0 Å². The molecule has 3 rings (SSSR count). The maximum absolute atomic E-state index is 6.29. The van der Waals surface area contributed by atoms with Gasteiger partial charge in [-0.25, -0.2) is 4.98 Å². The van der Waals surface area contributed by atoms with E-state index in [-0.39, 0.29) is 5.54 Å². The first-order valence-corrected chi connectivity index (χ1v) is 7.84. The van der Waals surface area contributed by atoms with Gasteiger partial charge in [0.05, 0.1) is 16.3 Å². The lowest BCUT2D eigenvalue weighted by molar-refractivity contribution is 0.253. The Kier molecular flexibility index (Phi) is 3.22. The molecule has 2 aromatic rings. The number of halogens is 2. The van der Waals surface area contributed by atoms with E-state index < -0.39 is 0 Å². The van der Waals surface area contributed by atoms with Crippen molar-refractivity contribution >= 4 is 38.9 Å².